The number of hydrogen-bond donors (Lipinski definition) is 2. The molecular weight excluding hydrogens is 513 g/mol. The Balaban J connectivity index is 1.53. The van der Waals surface area contributed by atoms with Gasteiger partial charge in [-0.1, -0.05) is 36.0 Å². The van der Waals surface area contributed by atoms with Gasteiger partial charge in [-0.25, -0.2) is 8.42 Å². The number of sulfonamides is 1. The van der Waals surface area contributed by atoms with Crippen molar-refractivity contribution in [2.45, 2.75) is 29.0 Å². The summed E-state index contributed by atoms with van der Waals surface area (Å²) in [5.41, 5.74) is 2.96. The summed E-state index contributed by atoms with van der Waals surface area (Å²) in [7, 11) is -3.39. The number of benzene rings is 2. The number of furan rings is 1. The molecule has 0 bridgehead atoms. The van der Waals surface area contributed by atoms with Crippen molar-refractivity contribution in [3.05, 3.63) is 102 Å². The monoisotopic (exact) mass is 536 g/mol. The molecule has 7 nitrogen and oxygen atoms in total. The number of aryl methyl sites for hydroxylation is 1. The third kappa shape index (κ3) is 5.25. The molecule has 1 aliphatic rings. The van der Waals surface area contributed by atoms with Gasteiger partial charge in [-0.3, -0.25) is 9.71 Å². The van der Waals surface area contributed by atoms with E-state index in [-0.39, 0.29) is 12.1 Å². The van der Waals surface area contributed by atoms with Crippen LogP contribution in [0.15, 0.2) is 99.5 Å². The molecule has 2 aromatic heterocycles. The van der Waals surface area contributed by atoms with Gasteiger partial charge in [-0.15, -0.1) is 0 Å². The first kappa shape index (κ1) is 24.4. The Morgan fingerprint density at radius 3 is 2.53 bits per heavy atom. The van der Waals surface area contributed by atoms with Gasteiger partial charge in [-0.2, -0.15) is 0 Å². The summed E-state index contributed by atoms with van der Waals surface area (Å²) in [4.78, 5) is 7.66. The van der Waals surface area contributed by atoms with E-state index in [4.69, 9.17) is 16.6 Å². The molecule has 184 valence electrons. The molecule has 0 amide bonds. The summed E-state index contributed by atoms with van der Waals surface area (Å²) in [5.74, 6) is 0.743. The Kier molecular flexibility index (Phi) is 6.74. The Hall–Kier alpha value is -3.34. The predicted molar refractivity (Wildman–Crippen MR) is 147 cm³/mol. The molecule has 5 rings (SSSR count). The fraction of sp³-hybridized carbons (Fsp3) is 0.154. The first-order valence-electron chi connectivity index (χ1n) is 11.2. The van der Waals surface area contributed by atoms with Crippen LogP contribution in [-0.4, -0.2) is 24.8 Å². The number of aromatic nitrogens is 1. The lowest BCUT2D eigenvalue weighted by atomic mass is 10.0. The van der Waals surface area contributed by atoms with Crippen LogP contribution in [-0.2, 0) is 10.0 Å². The molecule has 1 aliphatic heterocycles. The van der Waals surface area contributed by atoms with Gasteiger partial charge < -0.3 is 14.6 Å². The average molecular weight is 537 g/mol. The van der Waals surface area contributed by atoms with Crippen molar-refractivity contribution in [3.63, 3.8) is 0 Å². The fourth-order valence-electron chi connectivity index (χ4n) is 4.19. The van der Waals surface area contributed by atoms with Crippen molar-refractivity contribution in [2.75, 3.05) is 15.9 Å². The first-order valence-corrected chi connectivity index (χ1v) is 14.3. The second kappa shape index (κ2) is 9.96. The van der Waals surface area contributed by atoms with Crippen molar-refractivity contribution in [1.29, 1.82) is 0 Å². The second-order valence-electron chi connectivity index (χ2n) is 8.44. The van der Waals surface area contributed by atoms with E-state index >= 15 is 0 Å². The highest BCUT2D eigenvalue weighted by Gasteiger charge is 2.42. The van der Waals surface area contributed by atoms with Gasteiger partial charge in [0.1, 0.15) is 11.8 Å². The molecule has 2 N–H and O–H groups in total. The minimum atomic E-state index is -3.39. The number of pyridine rings is 1. The molecule has 0 unspecified atom stereocenters. The molecule has 36 heavy (non-hydrogen) atoms. The lowest BCUT2D eigenvalue weighted by Crippen LogP contribution is -2.29. The third-order valence-corrected chi connectivity index (χ3v) is 7.57. The molecule has 3 heterocycles. The van der Waals surface area contributed by atoms with Gasteiger partial charge in [0.15, 0.2) is 10.2 Å². The van der Waals surface area contributed by atoms with E-state index in [1.54, 1.807) is 24.0 Å². The summed E-state index contributed by atoms with van der Waals surface area (Å²) in [6.07, 6.45) is 2.89. The third-order valence-electron chi connectivity index (χ3n) is 5.74. The smallest absolute Gasteiger partial charge is 0.229 e. The second-order valence-corrected chi connectivity index (χ2v) is 11.7. The van der Waals surface area contributed by atoms with Gasteiger partial charge in [-0.05, 0) is 79.3 Å². The van der Waals surface area contributed by atoms with Crippen LogP contribution in [0.25, 0.3) is 0 Å². The first-order chi connectivity index (χ1) is 17.3. The zero-order valence-electron chi connectivity index (χ0n) is 19.6. The fourth-order valence-corrected chi connectivity index (χ4v) is 5.96. The van der Waals surface area contributed by atoms with E-state index in [1.807, 2.05) is 84.6 Å². The van der Waals surface area contributed by atoms with Gasteiger partial charge in [0.25, 0.3) is 0 Å². The summed E-state index contributed by atoms with van der Waals surface area (Å²) in [5, 5.41) is 4.73. The summed E-state index contributed by atoms with van der Waals surface area (Å²) >= 11 is 7.33. The Bertz CT molecular complexity index is 1490. The summed E-state index contributed by atoms with van der Waals surface area (Å²) in [6.45, 7) is 1.86. The van der Waals surface area contributed by atoms with Crippen LogP contribution in [0.4, 0.5) is 11.4 Å². The van der Waals surface area contributed by atoms with Crippen molar-refractivity contribution in [3.8, 4) is 0 Å². The van der Waals surface area contributed by atoms with Gasteiger partial charge in [0.05, 0.1) is 23.7 Å². The van der Waals surface area contributed by atoms with Crippen LogP contribution in [0.5, 0.6) is 0 Å². The van der Waals surface area contributed by atoms with Crippen LogP contribution in [0.3, 0.4) is 0 Å². The zero-order valence-corrected chi connectivity index (χ0v) is 22.0. The Labute approximate surface area is 220 Å². The van der Waals surface area contributed by atoms with Crippen LogP contribution < -0.4 is 14.9 Å². The van der Waals surface area contributed by atoms with Crippen molar-refractivity contribution >= 4 is 50.5 Å². The Morgan fingerprint density at radius 2 is 1.83 bits per heavy atom. The molecule has 0 saturated carbocycles. The largest absolute Gasteiger partial charge is 0.452 e. The van der Waals surface area contributed by atoms with Gasteiger partial charge in [0.2, 0.25) is 10.0 Å². The summed E-state index contributed by atoms with van der Waals surface area (Å²) < 4.78 is 32.4. The number of nitrogens with one attached hydrogen (secondary N) is 2. The number of hydrogen-bond acceptors (Lipinski definition) is 6. The highest BCUT2D eigenvalue weighted by atomic mass is 32.2. The van der Waals surface area contributed by atoms with Crippen LogP contribution >= 0.6 is 24.0 Å². The predicted octanol–water partition coefficient (Wildman–Crippen LogP) is 5.68. The molecule has 4 aromatic rings. The molecule has 1 fully saturated rings. The Morgan fingerprint density at radius 1 is 1.06 bits per heavy atom. The van der Waals surface area contributed by atoms with Gasteiger partial charge >= 0.3 is 0 Å². The topological polar surface area (TPSA) is 87.5 Å². The lowest BCUT2D eigenvalue weighted by molar-refractivity contribution is 0.383. The quantitative estimate of drug-likeness (QED) is 0.292. The van der Waals surface area contributed by atoms with E-state index < -0.39 is 10.0 Å². The minimum Gasteiger partial charge on any atom is -0.452 e. The number of thiocarbonyl (C=S) groups is 1. The zero-order chi connectivity index (χ0) is 25.3. The standard InChI is InChI=1S/C26H24N4O3S3/c1-17-16-18(11-12-20(17)29-36(2,31)32)30-25(24(28-26(30)34)21-10-6-7-15-27-21)22-13-14-23(33-22)35-19-8-4-3-5-9-19/h3-16,24-25,29H,1-2H3,(H,28,34)/t24-,25+/m0/s1. The van der Waals surface area contributed by atoms with E-state index in [0.29, 0.717) is 10.8 Å². The van der Waals surface area contributed by atoms with E-state index in [9.17, 15) is 8.42 Å². The van der Waals surface area contributed by atoms with Crippen LogP contribution in [0.2, 0.25) is 0 Å². The number of nitrogens with zero attached hydrogens (tertiary/aromatic N) is 2. The molecule has 2 aromatic carbocycles. The molecule has 1 saturated heterocycles. The van der Waals surface area contributed by atoms with E-state index in [1.165, 1.54) is 0 Å². The summed E-state index contributed by atoms with van der Waals surface area (Å²) in [6, 6.07) is 24.7. The highest BCUT2D eigenvalue weighted by molar-refractivity contribution is 7.99. The molecule has 2 atom stereocenters. The van der Waals surface area contributed by atoms with E-state index in [2.05, 4.69) is 15.0 Å². The molecule has 0 radical (unpaired) electrons. The van der Waals surface area contributed by atoms with Gasteiger partial charge in [0, 0.05) is 16.8 Å². The lowest BCUT2D eigenvalue weighted by Gasteiger charge is -2.26. The molecule has 10 heteroatoms. The van der Waals surface area contributed by atoms with E-state index in [0.717, 1.165) is 38.9 Å². The maximum Gasteiger partial charge on any atom is 0.229 e. The van der Waals surface area contributed by atoms with Crippen LogP contribution in [0, 0.1) is 6.92 Å². The normalized spacial score (nSPS) is 17.7. The number of rotatable bonds is 7. The molecular formula is C26H24N4O3S3. The SMILES string of the molecule is Cc1cc(N2C(=S)N[C@@H](c3ccccn3)[C@H]2c2ccc(Sc3ccccc3)o2)ccc1NS(C)(=O)=O. The minimum absolute atomic E-state index is 0.242. The van der Waals surface area contributed by atoms with Crippen molar-refractivity contribution in [1.82, 2.24) is 10.3 Å². The maximum atomic E-state index is 11.7. The molecule has 0 spiro atoms. The number of anilines is 2. The maximum absolute atomic E-state index is 11.7. The van der Waals surface area contributed by atoms with Crippen LogP contribution in [0.1, 0.15) is 29.1 Å². The average Bonchev–Trinajstić information content (AvgIpc) is 3.44. The van der Waals surface area contributed by atoms with Crippen molar-refractivity contribution < 1.29 is 12.8 Å². The molecule has 0 aliphatic carbocycles. The highest BCUT2D eigenvalue weighted by Crippen LogP contribution is 2.44. The van der Waals surface area contributed by atoms with Crippen molar-refractivity contribution in [2.24, 2.45) is 0 Å².